The predicted molar refractivity (Wildman–Crippen MR) is 169 cm³/mol. The summed E-state index contributed by atoms with van der Waals surface area (Å²) < 4.78 is 24.9. The number of nitrogens with zero attached hydrogens (tertiary/aromatic N) is 3. The molecule has 2 heterocycles. The third kappa shape index (κ3) is 5.65. The molecule has 5 aromatic rings. The molecule has 9 nitrogen and oxygen atoms in total. The fourth-order valence-electron chi connectivity index (χ4n) is 5.15. The molecule has 1 aliphatic heterocycles. The molecule has 1 N–H and O–H groups in total. The van der Waals surface area contributed by atoms with Crippen molar-refractivity contribution >= 4 is 62.4 Å². The number of Topliss-reactive ketones (excluding diaryl/α,β-unsaturated/α-hetero) is 1. The van der Waals surface area contributed by atoms with Gasteiger partial charge in [-0.25, -0.2) is 9.18 Å². The summed E-state index contributed by atoms with van der Waals surface area (Å²) in [7, 11) is 2.56. The van der Waals surface area contributed by atoms with Gasteiger partial charge in [-0.15, -0.1) is 10.2 Å². The normalized spacial score (nSPS) is 15.9. The lowest BCUT2D eigenvalue weighted by Crippen LogP contribution is -2.29. The second-order valence-corrected chi connectivity index (χ2v) is 12.1. The third-order valence-corrected chi connectivity index (χ3v) is 9.45. The molecule has 1 amide bonds. The smallest absolute Gasteiger partial charge is 0.337 e. The number of ether oxygens (including phenoxy) is 2. The van der Waals surface area contributed by atoms with Crippen molar-refractivity contribution in [1.82, 2.24) is 10.2 Å². The quantitative estimate of drug-likeness (QED) is 0.0503. The van der Waals surface area contributed by atoms with Crippen molar-refractivity contribution in [2.45, 2.75) is 16.1 Å². The number of thioether (sulfide) groups is 1. The van der Waals surface area contributed by atoms with Gasteiger partial charge in [0.15, 0.2) is 15.9 Å². The molecule has 0 spiro atoms. The summed E-state index contributed by atoms with van der Waals surface area (Å²) in [6, 6.07) is 22.8. The number of hydrogen-bond acceptors (Lipinski definition) is 10. The average Bonchev–Trinajstić information content (AvgIpc) is 3.64. The highest BCUT2D eigenvalue weighted by Crippen LogP contribution is 2.44. The number of anilines is 1. The van der Waals surface area contributed by atoms with Crippen LogP contribution in [0, 0.1) is 5.82 Å². The van der Waals surface area contributed by atoms with E-state index in [0.717, 1.165) is 33.7 Å². The number of carbonyl (C=O) groups excluding carboxylic acids is 3. The molecular formula is C33H24FN3O6S2. The molecule has 1 saturated heterocycles. The Labute approximate surface area is 264 Å². The molecule has 0 radical (unpaired) electrons. The summed E-state index contributed by atoms with van der Waals surface area (Å²) in [6.45, 7) is 0. The molecule has 1 aliphatic rings. The molecule has 45 heavy (non-hydrogen) atoms. The molecule has 4 aromatic carbocycles. The van der Waals surface area contributed by atoms with Gasteiger partial charge in [-0.3, -0.25) is 14.5 Å². The molecule has 6 rings (SSSR count). The zero-order valence-corrected chi connectivity index (χ0v) is 25.5. The highest BCUT2D eigenvalue weighted by Gasteiger charge is 2.48. The van der Waals surface area contributed by atoms with Crippen LogP contribution in [0.15, 0.2) is 94.8 Å². The Morgan fingerprint density at radius 3 is 2.44 bits per heavy atom. The number of halogens is 1. The highest BCUT2D eigenvalue weighted by molar-refractivity contribution is 8.00. The molecule has 1 unspecified atom stereocenters. The molecular weight excluding hydrogens is 618 g/mol. The van der Waals surface area contributed by atoms with Crippen molar-refractivity contribution in [2.75, 3.05) is 19.1 Å². The Morgan fingerprint density at radius 2 is 1.71 bits per heavy atom. The zero-order valence-electron chi connectivity index (χ0n) is 23.9. The second kappa shape index (κ2) is 12.5. The van der Waals surface area contributed by atoms with Crippen LogP contribution in [0.3, 0.4) is 0 Å². The van der Waals surface area contributed by atoms with Crippen molar-refractivity contribution in [3.63, 3.8) is 0 Å². The number of methoxy groups -OCH3 is 2. The first-order valence-electron chi connectivity index (χ1n) is 13.6. The summed E-state index contributed by atoms with van der Waals surface area (Å²) in [6.07, 6.45) is 0. The maximum Gasteiger partial charge on any atom is 0.337 e. The number of rotatable bonds is 8. The number of amides is 1. The first kappa shape index (κ1) is 30.0. The van der Waals surface area contributed by atoms with E-state index in [2.05, 4.69) is 16.3 Å². The standard InChI is InChI=1S/C33H24FN3O6S2/c1-42-25-15-14-21(16-24(25)34)28(38)26-27(19-10-12-20(13-11-19)31(41)43-2)37(30(40)29(26)39)32-35-36-33(45-32)44-17-22-8-5-7-18-6-3-4-9-23(18)22/h3-16,27,38H,17H2,1-2H3/b28-26+. The Hall–Kier alpha value is -5.07. The largest absolute Gasteiger partial charge is 0.507 e. The summed E-state index contributed by atoms with van der Waals surface area (Å²) in [5.41, 5.74) is 1.46. The first-order valence-corrected chi connectivity index (χ1v) is 15.4. The van der Waals surface area contributed by atoms with E-state index >= 15 is 0 Å². The number of ketones is 1. The molecule has 0 bridgehead atoms. The van der Waals surface area contributed by atoms with Gasteiger partial charge < -0.3 is 14.6 Å². The van der Waals surface area contributed by atoms with E-state index in [1.165, 1.54) is 55.1 Å². The van der Waals surface area contributed by atoms with Crippen LogP contribution in [0.2, 0.25) is 0 Å². The fourth-order valence-corrected chi connectivity index (χ4v) is 7.02. The van der Waals surface area contributed by atoms with E-state index in [-0.39, 0.29) is 27.6 Å². The molecule has 0 aliphatic carbocycles. The Bertz CT molecular complexity index is 1990. The van der Waals surface area contributed by atoms with Crippen LogP contribution in [-0.2, 0) is 20.1 Å². The van der Waals surface area contributed by atoms with Gasteiger partial charge in [-0.1, -0.05) is 77.7 Å². The number of aromatic nitrogens is 2. The number of esters is 1. The van der Waals surface area contributed by atoms with Crippen LogP contribution in [-0.4, -0.2) is 47.2 Å². The number of carbonyl (C=O) groups is 3. The number of hydrogen-bond donors (Lipinski definition) is 1. The number of fused-ring (bicyclic) bond motifs is 1. The fraction of sp³-hybridized carbons (Fsp3) is 0.121. The number of benzene rings is 4. The van der Waals surface area contributed by atoms with Crippen molar-refractivity contribution in [2.24, 2.45) is 0 Å². The lowest BCUT2D eigenvalue weighted by molar-refractivity contribution is -0.132. The van der Waals surface area contributed by atoms with Crippen molar-refractivity contribution in [1.29, 1.82) is 0 Å². The van der Waals surface area contributed by atoms with E-state index in [0.29, 0.717) is 15.7 Å². The zero-order chi connectivity index (χ0) is 31.7. The van der Waals surface area contributed by atoms with Crippen molar-refractivity contribution in [3.05, 3.63) is 119 Å². The van der Waals surface area contributed by atoms with Crippen LogP contribution in [0.1, 0.15) is 33.1 Å². The number of aliphatic hydroxyl groups is 1. The summed E-state index contributed by atoms with van der Waals surface area (Å²) in [5.74, 6) is -3.27. The second-order valence-electron chi connectivity index (χ2n) is 9.91. The van der Waals surface area contributed by atoms with Crippen LogP contribution in [0.25, 0.3) is 16.5 Å². The SMILES string of the molecule is COC(=O)c1ccc(C2/C(=C(\O)c3ccc(OC)c(F)c3)C(=O)C(=O)N2c2nnc(SCc3cccc4ccccc34)s2)cc1. The van der Waals surface area contributed by atoms with Gasteiger partial charge in [0.25, 0.3) is 5.78 Å². The summed E-state index contributed by atoms with van der Waals surface area (Å²) >= 11 is 2.57. The van der Waals surface area contributed by atoms with E-state index in [1.54, 1.807) is 12.1 Å². The average molecular weight is 642 g/mol. The van der Waals surface area contributed by atoms with E-state index in [1.807, 2.05) is 36.4 Å². The Balaban J connectivity index is 1.39. The van der Waals surface area contributed by atoms with Crippen LogP contribution in [0.4, 0.5) is 9.52 Å². The molecule has 226 valence electrons. The molecule has 1 fully saturated rings. The van der Waals surface area contributed by atoms with Gasteiger partial charge >= 0.3 is 11.9 Å². The predicted octanol–water partition coefficient (Wildman–Crippen LogP) is 6.54. The minimum Gasteiger partial charge on any atom is -0.507 e. The van der Waals surface area contributed by atoms with E-state index in [4.69, 9.17) is 9.47 Å². The van der Waals surface area contributed by atoms with Crippen molar-refractivity contribution in [3.8, 4) is 5.75 Å². The van der Waals surface area contributed by atoms with Gasteiger partial charge in [0.1, 0.15) is 5.76 Å². The first-order chi connectivity index (χ1) is 21.8. The van der Waals surface area contributed by atoms with Gasteiger partial charge in [0.05, 0.1) is 31.4 Å². The molecule has 1 aromatic heterocycles. The van der Waals surface area contributed by atoms with Crippen molar-refractivity contribution < 1.29 is 33.4 Å². The Morgan fingerprint density at radius 1 is 0.978 bits per heavy atom. The maximum atomic E-state index is 14.6. The topological polar surface area (TPSA) is 119 Å². The molecule has 12 heteroatoms. The number of aliphatic hydroxyl groups excluding tert-OH is 1. The van der Waals surface area contributed by atoms with E-state index < -0.39 is 35.3 Å². The maximum absolute atomic E-state index is 14.6. The monoisotopic (exact) mass is 641 g/mol. The van der Waals surface area contributed by atoms with Crippen LogP contribution >= 0.6 is 23.1 Å². The van der Waals surface area contributed by atoms with Crippen LogP contribution in [0.5, 0.6) is 5.75 Å². The lowest BCUT2D eigenvalue weighted by atomic mass is 9.94. The minimum atomic E-state index is -1.15. The molecule has 0 saturated carbocycles. The third-order valence-electron chi connectivity index (χ3n) is 7.35. The lowest BCUT2D eigenvalue weighted by Gasteiger charge is -2.22. The van der Waals surface area contributed by atoms with Gasteiger partial charge in [-0.05, 0) is 52.2 Å². The van der Waals surface area contributed by atoms with Gasteiger partial charge in [0, 0.05) is 11.3 Å². The minimum absolute atomic E-state index is 0.0222. The summed E-state index contributed by atoms with van der Waals surface area (Å²) in [5, 5.41) is 22.2. The van der Waals surface area contributed by atoms with E-state index in [9.17, 15) is 23.9 Å². The Kier molecular flexibility index (Phi) is 8.33. The highest BCUT2D eigenvalue weighted by atomic mass is 32.2. The summed E-state index contributed by atoms with van der Waals surface area (Å²) in [4.78, 5) is 40.3. The van der Waals surface area contributed by atoms with Gasteiger partial charge in [0.2, 0.25) is 5.13 Å². The molecule has 1 atom stereocenters. The van der Waals surface area contributed by atoms with Crippen LogP contribution < -0.4 is 9.64 Å². The van der Waals surface area contributed by atoms with Gasteiger partial charge in [-0.2, -0.15) is 0 Å².